The number of hydrogen-bond acceptors (Lipinski definition) is 5. The number of rotatable bonds is 3. The Morgan fingerprint density at radius 3 is 2.40 bits per heavy atom. The largest absolute Gasteiger partial charge is 0.272 e. The lowest BCUT2D eigenvalue weighted by Gasteiger charge is -1.94. The highest BCUT2D eigenvalue weighted by molar-refractivity contribution is 5.68. The van der Waals surface area contributed by atoms with Crippen LogP contribution >= 0.6 is 0 Å². The van der Waals surface area contributed by atoms with E-state index >= 15 is 0 Å². The van der Waals surface area contributed by atoms with Crippen LogP contribution in [0.25, 0.3) is 5.57 Å². The standard InChI is InChI=1S/C8H9N5.C2H6/c1-3-4-7(5-9-2)8-12-10-6-11-13-8;1-2/h3-6H,2H2,1H3;1-2H3/b4-3-,7-5+;. The normalized spacial score (nSPS) is 10.7. The van der Waals surface area contributed by atoms with Crippen LogP contribution in [-0.2, 0) is 0 Å². The highest BCUT2D eigenvalue weighted by atomic mass is 15.3. The van der Waals surface area contributed by atoms with Gasteiger partial charge in [0.15, 0.2) is 6.33 Å². The van der Waals surface area contributed by atoms with E-state index in [1.165, 1.54) is 6.33 Å². The summed E-state index contributed by atoms with van der Waals surface area (Å²) in [4.78, 5) is 3.63. The van der Waals surface area contributed by atoms with Crippen molar-refractivity contribution in [2.24, 2.45) is 4.99 Å². The molecule has 0 N–H and O–H groups in total. The smallest absolute Gasteiger partial charge is 0.205 e. The van der Waals surface area contributed by atoms with E-state index < -0.39 is 0 Å². The summed E-state index contributed by atoms with van der Waals surface area (Å²) in [7, 11) is 0. The Hall–Kier alpha value is -1.91. The van der Waals surface area contributed by atoms with E-state index in [2.05, 4.69) is 32.1 Å². The fourth-order valence-corrected chi connectivity index (χ4v) is 0.773. The zero-order chi connectivity index (χ0) is 11.5. The molecular formula is C10H15N5. The lowest BCUT2D eigenvalue weighted by Crippen LogP contribution is -1.96. The molecule has 1 rings (SSSR count). The molecule has 0 fully saturated rings. The monoisotopic (exact) mass is 205 g/mol. The van der Waals surface area contributed by atoms with Gasteiger partial charge in [0.25, 0.3) is 0 Å². The first-order valence-corrected chi connectivity index (χ1v) is 4.68. The van der Waals surface area contributed by atoms with Crippen LogP contribution < -0.4 is 0 Å². The number of aliphatic imine (C=N–C) groups is 1. The highest BCUT2D eigenvalue weighted by Crippen LogP contribution is 2.08. The van der Waals surface area contributed by atoms with Crippen molar-refractivity contribution in [3.63, 3.8) is 0 Å². The molecule has 1 aromatic heterocycles. The molecular weight excluding hydrogens is 190 g/mol. The SMILES string of the molecule is C=N/C=C(\C=C/C)c1nncnn1.CC. The molecule has 0 saturated carbocycles. The summed E-state index contributed by atoms with van der Waals surface area (Å²) in [5, 5.41) is 14.8. The number of hydrogen-bond donors (Lipinski definition) is 0. The first-order valence-electron chi connectivity index (χ1n) is 4.68. The molecule has 0 atom stereocenters. The molecule has 0 unspecified atom stereocenters. The van der Waals surface area contributed by atoms with Crippen molar-refractivity contribution in [3.05, 3.63) is 30.5 Å². The van der Waals surface area contributed by atoms with E-state index in [9.17, 15) is 0 Å². The topological polar surface area (TPSA) is 63.9 Å². The first-order chi connectivity index (χ1) is 7.38. The predicted octanol–water partition coefficient (Wildman–Crippen LogP) is 1.91. The molecule has 1 heterocycles. The van der Waals surface area contributed by atoms with Gasteiger partial charge >= 0.3 is 0 Å². The van der Waals surface area contributed by atoms with E-state index in [1.807, 2.05) is 32.9 Å². The molecule has 0 aliphatic heterocycles. The van der Waals surface area contributed by atoms with Crippen LogP contribution in [0.3, 0.4) is 0 Å². The summed E-state index contributed by atoms with van der Waals surface area (Å²) in [5.41, 5.74) is 0.734. The van der Waals surface area contributed by atoms with Gasteiger partial charge in [0, 0.05) is 11.8 Å². The zero-order valence-electron chi connectivity index (χ0n) is 9.25. The Morgan fingerprint density at radius 2 is 1.93 bits per heavy atom. The van der Waals surface area contributed by atoms with Gasteiger partial charge in [-0.2, -0.15) is 0 Å². The molecule has 5 nitrogen and oxygen atoms in total. The number of aromatic nitrogens is 4. The minimum absolute atomic E-state index is 0.438. The summed E-state index contributed by atoms with van der Waals surface area (Å²) in [6.07, 6.45) is 6.50. The van der Waals surface area contributed by atoms with Crippen molar-refractivity contribution < 1.29 is 0 Å². The van der Waals surface area contributed by atoms with E-state index in [1.54, 1.807) is 6.20 Å². The summed E-state index contributed by atoms with van der Waals surface area (Å²) in [6.45, 7) is 9.24. The fourth-order valence-electron chi connectivity index (χ4n) is 0.773. The van der Waals surface area contributed by atoms with Gasteiger partial charge in [0.1, 0.15) is 0 Å². The molecule has 0 amide bonds. The zero-order valence-corrected chi connectivity index (χ0v) is 9.25. The molecule has 5 heteroatoms. The van der Waals surface area contributed by atoms with Crippen LogP contribution in [0.4, 0.5) is 0 Å². The summed E-state index contributed by atoms with van der Waals surface area (Å²) >= 11 is 0. The minimum atomic E-state index is 0.438. The summed E-state index contributed by atoms with van der Waals surface area (Å²) in [6, 6.07) is 0. The van der Waals surface area contributed by atoms with Gasteiger partial charge in [0.05, 0.1) is 0 Å². The van der Waals surface area contributed by atoms with E-state index in [0.717, 1.165) is 5.57 Å². The summed E-state index contributed by atoms with van der Waals surface area (Å²) < 4.78 is 0. The molecule has 0 aromatic carbocycles. The minimum Gasteiger partial charge on any atom is -0.272 e. The maximum Gasteiger partial charge on any atom is 0.205 e. The average Bonchev–Trinajstić information content (AvgIpc) is 2.33. The first kappa shape index (κ1) is 13.1. The highest BCUT2D eigenvalue weighted by Gasteiger charge is 2.00. The molecule has 1 aromatic rings. The second-order valence-corrected chi connectivity index (χ2v) is 2.14. The molecule has 0 bridgehead atoms. The quantitative estimate of drug-likeness (QED) is 0.558. The Labute approximate surface area is 89.7 Å². The van der Waals surface area contributed by atoms with Crippen LogP contribution in [0.1, 0.15) is 26.6 Å². The van der Waals surface area contributed by atoms with Gasteiger partial charge < -0.3 is 0 Å². The molecule has 0 aliphatic rings. The maximum absolute atomic E-state index is 3.79. The molecule has 0 aliphatic carbocycles. The van der Waals surface area contributed by atoms with Crippen molar-refractivity contribution in [1.29, 1.82) is 0 Å². The average molecular weight is 205 g/mol. The van der Waals surface area contributed by atoms with Crippen LogP contribution in [0, 0.1) is 0 Å². The third kappa shape index (κ3) is 4.75. The Bertz CT molecular complexity index is 329. The second kappa shape index (κ2) is 8.68. The van der Waals surface area contributed by atoms with Gasteiger partial charge in [-0.15, -0.1) is 20.4 Å². The van der Waals surface area contributed by atoms with Gasteiger partial charge in [0.2, 0.25) is 5.82 Å². The van der Waals surface area contributed by atoms with Gasteiger partial charge in [-0.1, -0.05) is 26.0 Å². The van der Waals surface area contributed by atoms with E-state index in [0.29, 0.717) is 5.82 Å². The Morgan fingerprint density at radius 1 is 1.33 bits per heavy atom. The molecule has 80 valence electrons. The van der Waals surface area contributed by atoms with Crippen molar-refractivity contribution >= 4 is 12.3 Å². The molecule has 0 saturated heterocycles. The molecule has 0 radical (unpaired) electrons. The van der Waals surface area contributed by atoms with Gasteiger partial charge in [-0.05, 0) is 13.6 Å². The van der Waals surface area contributed by atoms with Crippen molar-refractivity contribution in [1.82, 2.24) is 20.4 Å². The van der Waals surface area contributed by atoms with Gasteiger partial charge in [-0.25, -0.2) is 0 Å². The maximum atomic E-state index is 3.79. The number of nitrogens with zero attached hydrogens (tertiary/aromatic N) is 5. The van der Waals surface area contributed by atoms with Crippen molar-refractivity contribution in [2.75, 3.05) is 0 Å². The molecule has 15 heavy (non-hydrogen) atoms. The lowest BCUT2D eigenvalue weighted by atomic mass is 10.2. The summed E-state index contributed by atoms with van der Waals surface area (Å²) in [5.74, 6) is 0.438. The lowest BCUT2D eigenvalue weighted by molar-refractivity contribution is 0.834. The molecule has 0 spiro atoms. The van der Waals surface area contributed by atoms with Crippen LogP contribution in [0.15, 0.2) is 29.7 Å². The Kier molecular flexibility index (Phi) is 7.57. The predicted molar refractivity (Wildman–Crippen MR) is 61.3 cm³/mol. The van der Waals surface area contributed by atoms with Crippen LogP contribution in [0.2, 0.25) is 0 Å². The second-order valence-electron chi connectivity index (χ2n) is 2.14. The van der Waals surface area contributed by atoms with E-state index in [4.69, 9.17) is 0 Å². The van der Waals surface area contributed by atoms with E-state index in [-0.39, 0.29) is 0 Å². The van der Waals surface area contributed by atoms with Gasteiger partial charge in [-0.3, -0.25) is 4.99 Å². The fraction of sp³-hybridized carbons (Fsp3) is 0.300. The third-order valence-corrected chi connectivity index (χ3v) is 1.24. The number of allylic oxidation sites excluding steroid dienone is 3. The third-order valence-electron chi connectivity index (χ3n) is 1.24. The van der Waals surface area contributed by atoms with Crippen LogP contribution in [0.5, 0.6) is 0 Å². The van der Waals surface area contributed by atoms with Crippen molar-refractivity contribution in [3.8, 4) is 0 Å². The Balaban J connectivity index is 0.000000921. The van der Waals surface area contributed by atoms with Crippen molar-refractivity contribution in [2.45, 2.75) is 20.8 Å². The van der Waals surface area contributed by atoms with Crippen LogP contribution in [-0.4, -0.2) is 27.1 Å².